The van der Waals surface area contributed by atoms with E-state index in [1.807, 2.05) is 13.1 Å². The van der Waals surface area contributed by atoms with Gasteiger partial charge in [-0.2, -0.15) is 18.3 Å². The molecular weight excluding hydrogens is 464 g/mol. The summed E-state index contributed by atoms with van der Waals surface area (Å²) in [5, 5.41) is 9.06. The second kappa shape index (κ2) is 8.05. The Morgan fingerprint density at radius 3 is 2.43 bits per heavy atom. The van der Waals surface area contributed by atoms with E-state index in [1.165, 1.54) is 6.33 Å². The maximum absolute atomic E-state index is 13.6. The van der Waals surface area contributed by atoms with Crippen LogP contribution in [0.15, 0.2) is 55.0 Å². The summed E-state index contributed by atoms with van der Waals surface area (Å²) < 4.78 is 54.0. The van der Waals surface area contributed by atoms with Crippen LogP contribution in [0.3, 0.4) is 0 Å². The van der Waals surface area contributed by atoms with Crippen LogP contribution in [0.1, 0.15) is 29.7 Å². The second-order valence-electron chi connectivity index (χ2n) is 8.63. The van der Waals surface area contributed by atoms with Gasteiger partial charge >= 0.3 is 12.2 Å². The molecule has 2 amide bonds. The van der Waals surface area contributed by atoms with Crippen LogP contribution in [0.2, 0.25) is 0 Å². The van der Waals surface area contributed by atoms with Gasteiger partial charge < -0.3 is 16.4 Å². The number of nitrogens with two attached hydrogens (primary N) is 1. The lowest BCUT2D eigenvalue weighted by molar-refractivity contribution is -0.137. The molecule has 7 nitrogen and oxygen atoms in total. The van der Waals surface area contributed by atoms with Gasteiger partial charge in [-0.15, -0.1) is 0 Å². The van der Waals surface area contributed by atoms with Crippen LogP contribution in [-0.2, 0) is 11.7 Å². The average Bonchev–Trinajstić information content (AvgIpc) is 3.43. The number of fused-ring (bicyclic) bond motifs is 1. The standard InChI is InChI=1S/C24H20F4N6O/c1-13-11-34-20(21(30-12-31-34)23(29)6-7-23)19(13)14-2-4-17(5-3-14)32-22(35)33-18-9-15(24(26,27)28)8-16(25)10-18/h2-5,8-12H,6-7,29H2,1H3,(H2,32,33,35). The fraction of sp³-hybridized carbons (Fsp3) is 0.208. The molecule has 0 radical (unpaired) electrons. The molecular formula is C24H20F4N6O. The van der Waals surface area contributed by atoms with Crippen molar-refractivity contribution >= 4 is 22.9 Å². The first-order chi connectivity index (χ1) is 16.5. The SMILES string of the molecule is Cc1cn2ncnc(C3(N)CC3)c2c1-c1ccc(NC(=O)Nc2cc(F)cc(C(F)(F)F)c2)cc1. The van der Waals surface area contributed by atoms with Crippen molar-refractivity contribution < 1.29 is 22.4 Å². The number of carbonyl (C=O) groups excluding carboxylic acids is 1. The van der Waals surface area contributed by atoms with E-state index >= 15 is 0 Å². The molecule has 5 rings (SSSR count). The van der Waals surface area contributed by atoms with E-state index in [-0.39, 0.29) is 5.69 Å². The van der Waals surface area contributed by atoms with Gasteiger partial charge in [0.05, 0.1) is 22.3 Å². The summed E-state index contributed by atoms with van der Waals surface area (Å²) in [5.41, 5.74) is 9.22. The van der Waals surface area contributed by atoms with Crippen molar-refractivity contribution in [2.45, 2.75) is 31.5 Å². The van der Waals surface area contributed by atoms with Crippen LogP contribution in [0.5, 0.6) is 0 Å². The number of alkyl halides is 3. The van der Waals surface area contributed by atoms with Gasteiger partial charge in [0.2, 0.25) is 0 Å². The molecule has 0 aliphatic heterocycles. The Bertz CT molecular complexity index is 1440. The Morgan fingerprint density at radius 2 is 1.77 bits per heavy atom. The third-order valence-corrected chi connectivity index (χ3v) is 5.94. The molecule has 0 saturated heterocycles. The van der Waals surface area contributed by atoms with Gasteiger partial charge in [0, 0.05) is 23.1 Å². The molecule has 2 aromatic carbocycles. The quantitative estimate of drug-likeness (QED) is 0.336. The second-order valence-corrected chi connectivity index (χ2v) is 8.63. The van der Waals surface area contributed by atoms with Gasteiger partial charge in [-0.1, -0.05) is 12.1 Å². The van der Waals surface area contributed by atoms with Crippen molar-refractivity contribution in [3.63, 3.8) is 0 Å². The Morgan fingerprint density at radius 1 is 1.09 bits per heavy atom. The van der Waals surface area contributed by atoms with Crippen LogP contribution in [0.4, 0.5) is 33.7 Å². The minimum Gasteiger partial charge on any atom is -0.320 e. The first-order valence-electron chi connectivity index (χ1n) is 10.7. The molecule has 2 aromatic heterocycles. The largest absolute Gasteiger partial charge is 0.416 e. The molecule has 0 bridgehead atoms. The van der Waals surface area contributed by atoms with Crippen molar-refractivity contribution in [1.82, 2.24) is 14.6 Å². The van der Waals surface area contributed by atoms with Crippen LogP contribution in [0, 0.1) is 12.7 Å². The Hall–Kier alpha value is -3.99. The first-order valence-corrected chi connectivity index (χ1v) is 10.7. The molecule has 1 aliphatic carbocycles. The summed E-state index contributed by atoms with van der Waals surface area (Å²) in [7, 11) is 0. The minimum absolute atomic E-state index is 0.314. The number of hydrogen-bond acceptors (Lipinski definition) is 4. The zero-order chi connectivity index (χ0) is 25.0. The predicted octanol–water partition coefficient (Wildman–Crippen LogP) is 5.45. The number of anilines is 2. The van der Waals surface area contributed by atoms with Crippen molar-refractivity contribution in [3.05, 3.63) is 77.6 Å². The summed E-state index contributed by atoms with van der Waals surface area (Å²) in [6.07, 6.45) is 0.337. The van der Waals surface area contributed by atoms with E-state index in [0.29, 0.717) is 17.8 Å². The lowest BCUT2D eigenvalue weighted by Crippen LogP contribution is -2.22. The predicted molar refractivity (Wildman–Crippen MR) is 122 cm³/mol. The fourth-order valence-corrected chi connectivity index (χ4v) is 4.07. The van der Waals surface area contributed by atoms with Gasteiger partial charge in [-0.25, -0.2) is 18.7 Å². The summed E-state index contributed by atoms with van der Waals surface area (Å²) in [4.78, 5) is 16.7. The zero-order valence-corrected chi connectivity index (χ0v) is 18.4. The highest BCUT2D eigenvalue weighted by Crippen LogP contribution is 2.45. The van der Waals surface area contributed by atoms with Crippen molar-refractivity contribution in [2.75, 3.05) is 10.6 Å². The number of aromatic nitrogens is 3. The van der Waals surface area contributed by atoms with Crippen LogP contribution >= 0.6 is 0 Å². The number of carbonyl (C=O) groups is 1. The van der Waals surface area contributed by atoms with Gasteiger partial charge in [-0.05, 0) is 61.2 Å². The molecule has 4 N–H and O–H groups in total. The van der Waals surface area contributed by atoms with E-state index in [9.17, 15) is 22.4 Å². The Balaban J connectivity index is 1.37. The smallest absolute Gasteiger partial charge is 0.320 e. The van der Waals surface area contributed by atoms with Gasteiger partial charge in [0.1, 0.15) is 12.1 Å². The highest BCUT2D eigenvalue weighted by atomic mass is 19.4. The van der Waals surface area contributed by atoms with Crippen LogP contribution < -0.4 is 16.4 Å². The lowest BCUT2D eigenvalue weighted by atomic mass is 10.00. The summed E-state index contributed by atoms with van der Waals surface area (Å²) >= 11 is 0. The number of amides is 2. The van der Waals surface area contributed by atoms with E-state index in [4.69, 9.17) is 5.73 Å². The van der Waals surface area contributed by atoms with E-state index < -0.39 is 29.1 Å². The number of rotatable bonds is 4. The van der Waals surface area contributed by atoms with E-state index in [0.717, 1.165) is 46.8 Å². The molecule has 4 aromatic rings. The zero-order valence-electron chi connectivity index (χ0n) is 18.4. The van der Waals surface area contributed by atoms with Crippen LogP contribution in [-0.4, -0.2) is 20.6 Å². The monoisotopic (exact) mass is 484 g/mol. The van der Waals surface area contributed by atoms with Crippen LogP contribution in [0.25, 0.3) is 16.6 Å². The van der Waals surface area contributed by atoms with Gasteiger partial charge in [0.25, 0.3) is 0 Å². The number of benzene rings is 2. The average molecular weight is 484 g/mol. The number of aryl methyl sites for hydroxylation is 1. The molecule has 1 aliphatic rings. The molecule has 0 spiro atoms. The highest BCUT2D eigenvalue weighted by Gasteiger charge is 2.43. The summed E-state index contributed by atoms with van der Waals surface area (Å²) in [5.74, 6) is -1.11. The maximum Gasteiger partial charge on any atom is 0.416 e. The topological polar surface area (TPSA) is 97.3 Å². The maximum atomic E-state index is 13.6. The summed E-state index contributed by atoms with van der Waals surface area (Å²) in [6, 6.07) is 7.94. The Labute approximate surface area is 197 Å². The molecule has 180 valence electrons. The molecule has 35 heavy (non-hydrogen) atoms. The highest BCUT2D eigenvalue weighted by molar-refractivity contribution is 6.00. The van der Waals surface area contributed by atoms with Crippen molar-refractivity contribution in [1.29, 1.82) is 0 Å². The Kier molecular flexibility index (Phi) is 5.24. The molecule has 0 atom stereocenters. The lowest BCUT2D eigenvalue weighted by Gasteiger charge is -2.13. The summed E-state index contributed by atoms with van der Waals surface area (Å²) in [6.45, 7) is 1.96. The third-order valence-electron chi connectivity index (χ3n) is 5.94. The number of hydrogen-bond donors (Lipinski definition) is 3. The molecule has 1 fully saturated rings. The van der Waals surface area contributed by atoms with E-state index in [1.54, 1.807) is 28.8 Å². The molecule has 0 unspecified atom stereocenters. The molecule has 11 heteroatoms. The van der Waals surface area contributed by atoms with Gasteiger partial charge in [-0.3, -0.25) is 0 Å². The molecule has 1 saturated carbocycles. The minimum atomic E-state index is -4.74. The normalized spacial score (nSPS) is 14.7. The fourth-order valence-electron chi connectivity index (χ4n) is 4.07. The number of nitrogens with zero attached hydrogens (tertiary/aromatic N) is 3. The molecule has 2 heterocycles. The number of nitrogens with one attached hydrogen (secondary N) is 2. The number of urea groups is 1. The third kappa shape index (κ3) is 4.42. The van der Waals surface area contributed by atoms with E-state index in [2.05, 4.69) is 20.7 Å². The van der Waals surface area contributed by atoms with Crippen molar-refractivity contribution in [3.8, 4) is 11.1 Å². The van der Waals surface area contributed by atoms with Crippen molar-refractivity contribution in [2.24, 2.45) is 5.73 Å². The number of halogens is 4. The first kappa shape index (κ1) is 22.8. The van der Waals surface area contributed by atoms with Gasteiger partial charge in [0.15, 0.2) is 0 Å².